The summed E-state index contributed by atoms with van der Waals surface area (Å²) in [7, 11) is 0. The Morgan fingerprint density at radius 1 is 1.53 bits per heavy atom. The van der Waals surface area contributed by atoms with Gasteiger partial charge in [-0.25, -0.2) is 9.78 Å². The first kappa shape index (κ1) is 13.8. The quantitative estimate of drug-likeness (QED) is 0.889. The number of aromatic nitrogens is 1. The van der Waals surface area contributed by atoms with Gasteiger partial charge in [0.25, 0.3) is 0 Å². The lowest BCUT2D eigenvalue weighted by molar-refractivity contribution is -0.138. The number of hydrogen-bond acceptors (Lipinski definition) is 4. The molecule has 1 atom stereocenters. The number of carboxylic acids is 1. The lowest BCUT2D eigenvalue weighted by Crippen LogP contribution is -2.33. The Morgan fingerprint density at radius 2 is 2.26 bits per heavy atom. The molecule has 1 aliphatic heterocycles. The van der Waals surface area contributed by atoms with Crippen molar-refractivity contribution in [3.8, 4) is 0 Å². The first-order chi connectivity index (χ1) is 8.95. The lowest BCUT2D eigenvalue weighted by atomic mass is 10.1. The Hall–Kier alpha value is -1.63. The predicted molar refractivity (Wildman–Crippen MR) is 72.5 cm³/mol. The molecule has 0 radical (unpaired) electrons. The smallest absolute Gasteiger partial charge is 0.323 e. The van der Waals surface area contributed by atoms with Crippen molar-refractivity contribution in [2.24, 2.45) is 5.92 Å². The summed E-state index contributed by atoms with van der Waals surface area (Å²) in [6.45, 7) is 4.97. The maximum Gasteiger partial charge on any atom is 0.323 e. The summed E-state index contributed by atoms with van der Waals surface area (Å²) in [5.41, 5.74) is 0.922. The fourth-order valence-electron chi connectivity index (χ4n) is 2.13. The van der Waals surface area contributed by atoms with E-state index in [1.807, 2.05) is 13.8 Å². The van der Waals surface area contributed by atoms with Crippen molar-refractivity contribution in [1.29, 1.82) is 0 Å². The molecular formula is C12H17N3O3S. The second-order valence-electron chi connectivity index (χ2n) is 4.79. The van der Waals surface area contributed by atoms with Crippen LogP contribution in [-0.2, 0) is 4.79 Å². The third kappa shape index (κ3) is 3.44. The molecule has 1 aliphatic rings. The van der Waals surface area contributed by atoms with Gasteiger partial charge in [-0.05, 0) is 26.2 Å². The van der Waals surface area contributed by atoms with Crippen LogP contribution in [0.3, 0.4) is 0 Å². The van der Waals surface area contributed by atoms with E-state index in [0.717, 1.165) is 17.0 Å². The Balaban J connectivity index is 1.89. The van der Waals surface area contributed by atoms with Crippen LogP contribution >= 0.6 is 11.3 Å². The number of carboxylic acid groups (broad SMARTS) is 1. The van der Waals surface area contributed by atoms with Crippen molar-refractivity contribution < 1.29 is 14.7 Å². The molecule has 1 saturated heterocycles. The molecule has 2 N–H and O–H groups in total. The van der Waals surface area contributed by atoms with Crippen LogP contribution in [0.4, 0.5) is 9.93 Å². The van der Waals surface area contributed by atoms with Crippen molar-refractivity contribution in [3.63, 3.8) is 0 Å². The van der Waals surface area contributed by atoms with Gasteiger partial charge in [0, 0.05) is 24.4 Å². The molecule has 0 aromatic carbocycles. The molecule has 0 saturated carbocycles. The highest BCUT2D eigenvalue weighted by atomic mass is 32.1. The molecule has 7 heteroatoms. The summed E-state index contributed by atoms with van der Waals surface area (Å²) in [5.74, 6) is -0.749. The predicted octanol–water partition coefficient (Wildman–Crippen LogP) is 2.09. The van der Waals surface area contributed by atoms with E-state index in [0.29, 0.717) is 18.2 Å². The van der Waals surface area contributed by atoms with Crippen molar-refractivity contribution in [3.05, 3.63) is 10.6 Å². The Labute approximate surface area is 115 Å². The van der Waals surface area contributed by atoms with Crippen LogP contribution in [0.2, 0.25) is 0 Å². The molecule has 19 heavy (non-hydrogen) atoms. The molecule has 0 bridgehead atoms. The first-order valence-corrected chi connectivity index (χ1v) is 6.99. The van der Waals surface area contributed by atoms with Crippen LogP contribution in [0, 0.1) is 19.8 Å². The van der Waals surface area contributed by atoms with Crippen LogP contribution in [0.25, 0.3) is 0 Å². The zero-order valence-corrected chi connectivity index (χ0v) is 11.8. The van der Waals surface area contributed by atoms with Gasteiger partial charge in [0.05, 0.1) is 5.69 Å². The van der Waals surface area contributed by atoms with Gasteiger partial charge < -0.3 is 10.0 Å². The summed E-state index contributed by atoms with van der Waals surface area (Å²) in [5, 5.41) is 12.1. The number of aliphatic carboxylic acids is 1. The number of hydrogen-bond donors (Lipinski definition) is 2. The summed E-state index contributed by atoms with van der Waals surface area (Å²) < 4.78 is 0. The van der Waals surface area contributed by atoms with Gasteiger partial charge in [-0.15, -0.1) is 11.3 Å². The summed E-state index contributed by atoms with van der Waals surface area (Å²) in [6.07, 6.45) is 0.870. The fraction of sp³-hybridized carbons (Fsp3) is 0.583. The van der Waals surface area contributed by atoms with Crippen LogP contribution in [0.15, 0.2) is 0 Å². The van der Waals surface area contributed by atoms with Gasteiger partial charge in [0.15, 0.2) is 5.13 Å². The number of aryl methyl sites for hydroxylation is 2. The number of rotatable bonds is 3. The number of nitrogens with zero attached hydrogens (tertiary/aromatic N) is 2. The second kappa shape index (κ2) is 5.56. The summed E-state index contributed by atoms with van der Waals surface area (Å²) >= 11 is 1.45. The summed E-state index contributed by atoms with van der Waals surface area (Å²) in [6, 6.07) is -0.193. The number of thiazole rings is 1. The molecule has 6 nitrogen and oxygen atoms in total. The third-order valence-corrected chi connectivity index (χ3v) is 4.27. The fourth-order valence-corrected chi connectivity index (χ4v) is 2.93. The van der Waals surface area contributed by atoms with Crippen LogP contribution in [0.5, 0.6) is 0 Å². The number of carbonyl (C=O) groups excluding carboxylic acids is 1. The third-order valence-electron chi connectivity index (χ3n) is 3.28. The molecule has 1 aromatic rings. The van der Waals surface area contributed by atoms with Crippen molar-refractivity contribution in [2.45, 2.75) is 26.7 Å². The highest BCUT2D eigenvalue weighted by Crippen LogP contribution is 2.23. The largest absolute Gasteiger partial charge is 0.481 e. The molecule has 1 unspecified atom stereocenters. The van der Waals surface area contributed by atoms with Crippen molar-refractivity contribution in [1.82, 2.24) is 9.88 Å². The minimum atomic E-state index is -0.807. The zero-order chi connectivity index (χ0) is 14.0. The minimum Gasteiger partial charge on any atom is -0.481 e. The second-order valence-corrected chi connectivity index (χ2v) is 5.99. The monoisotopic (exact) mass is 283 g/mol. The number of carbonyl (C=O) groups is 2. The maximum atomic E-state index is 12.0. The number of urea groups is 1. The topological polar surface area (TPSA) is 82.5 Å². The average Bonchev–Trinajstić information content (AvgIpc) is 2.86. The van der Waals surface area contributed by atoms with Gasteiger partial charge in [0.1, 0.15) is 0 Å². The van der Waals surface area contributed by atoms with Gasteiger partial charge in [0.2, 0.25) is 0 Å². The average molecular weight is 283 g/mol. The van der Waals surface area contributed by atoms with Gasteiger partial charge in [-0.2, -0.15) is 0 Å². The van der Waals surface area contributed by atoms with E-state index in [2.05, 4.69) is 10.3 Å². The van der Waals surface area contributed by atoms with E-state index >= 15 is 0 Å². The molecule has 104 valence electrons. The van der Waals surface area contributed by atoms with E-state index in [1.165, 1.54) is 11.3 Å². The van der Waals surface area contributed by atoms with Crippen molar-refractivity contribution >= 4 is 28.5 Å². The molecule has 1 fully saturated rings. The SMILES string of the molecule is Cc1nc(NC(=O)N2CCC(CC(=O)O)C2)sc1C. The van der Waals surface area contributed by atoms with Gasteiger partial charge in [-0.1, -0.05) is 0 Å². The van der Waals surface area contributed by atoms with E-state index in [-0.39, 0.29) is 18.4 Å². The highest BCUT2D eigenvalue weighted by Gasteiger charge is 2.28. The van der Waals surface area contributed by atoms with Crippen LogP contribution in [-0.4, -0.2) is 40.1 Å². The molecule has 2 heterocycles. The normalized spacial score (nSPS) is 18.6. The number of amides is 2. The molecule has 0 aliphatic carbocycles. The minimum absolute atomic E-state index is 0.0583. The van der Waals surface area contributed by atoms with E-state index in [1.54, 1.807) is 4.90 Å². The van der Waals surface area contributed by atoms with E-state index < -0.39 is 5.97 Å². The maximum absolute atomic E-state index is 12.0. The van der Waals surface area contributed by atoms with Gasteiger partial charge in [-0.3, -0.25) is 10.1 Å². The zero-order valence-electron chi connectivity index (χ0n) is 11.0. The molecule has 0 spiro atoms. The van der Waals surface area contributed by atoms with Crippen molar-refractivity contribution in [2.75, 3.05) is 18.4 Å². The Morgan fingerprint density at radius 3 is 2.84 bits per heavy atom. The lowest BCUT2D eigenvalue weighted by Gasteiger charge is -2.15. The number of likely N-dealkylation sites (tertiary alicyclic amines) is 1. The molecule has 2 rings (SSSR count). The Kier molecular flexibility index (Phi) is 4.04. The molecular weight excluding hydrogens is 266 g/mol. The first-order valence-electron chi connectivity index (χ1n) is 6.17. The Bertz CT molecular complexity index is 481. The number of nitrogens with one attached hydrogen (secondary N) is 1. The molecule has 2 amide bonds. The van der Waals surface area contributed by atoms with Crippen LogP contribution in [0.1, 0.15) is 23.4 Å². The van der Waals surface area contributed by atoms with Gasteiger partial charge >= 0.3 is 12.0 Å². The van der Waals surface area contributed by atoms with E-state index in [9.17, 15) is 9.59 Å². The summed E-state index contributed by atoms with van der Waals surface area (Å²) in [4.78, 5) is 29.6. The highest BCUT2D eigenvalue weighted by molar-refractivity contribution is 7.15. The van der Waals surface area contributed by atoms with Crippen LogP contribution < -0.4 is 5.32 Å². The standard InChI is InChI=1S/C12H17N3O3S/c1-7-8(2)19-11(13-7)14-12(18)15-4-3-9(6-15)5-10(16)17/h9H,3-6H2,1-2H3,(H,16,17)(H,13,14,18). The van der Waals surface area contributed by atoms with E-state index in [4.69, 9.17) is 5.11 Å². The molecule has 1 aromatic heterocycles. The number of anilines is 1.